The zero-order chi connectivity index (χ0) is 5.82. The van der Waals surface area contributed by atoms with Crippen molar-refractivity contribution in [3.63, 3.8) is 0 Å². The summed E-state index contributed by atoms with van der Waals surface area (Å²) in [5.41, 5.74) is 0. The maximum Gasteiger partial charge on any atom is -0.00183 e. The minimum Gasteiger partial charge on any atom is -0.303 e. The van der Waals surface area contributed by atoms with Gasteiger partial charge in [0.15, 0.2) is 0 Å². The van der Waals surface area contributed by atoms with Gasteiger partial charge >= 0.3 is 0 Å². The second-order valence-corrected chi connectivity index (χ2v) is 2.55. The molecule has 0 aromatic carbocycles. The number of likely N-dealkylation sites (tertiary alicyclic amines) is 1. The minimum absolute atomic E-state index is 1.32. The van der Waals surface area contributed by atoms with Gasteiger partial charge in [0.1, 0.15) is 0 Å². The fraction of sp³-hybridized carbons (Fsp3) is 1.00. The van der Waals surface area contributed by atoms with Crippen LogP contribution in [-0.2, 0) is 0 Å². The molecule has 1 saturated heterocycles. The molecule has 0 N–H and O–H groups in total. The second-order valence-electron chi connectivity index (χ2n) is 2.55. The Labute approximate surface area is 51.7 Å². The van der Waals surface area contributed by atoms with Crippen LogP contribution < -0.4 is 0 Å². The maximum atomic E-state index is 2.54. The highest BCUT2D eigenvalue weighted by molar-refractivity contribution is 4.64. The first-order chi connectivity index (χ1) is 3.93. The van der Waals surface area contributed by atoms with E-state index in [1.54, 1.807) is 0 Å². The van der Waals surface area contributed by atoms with Crippen molar-refractivity contribution in [1.82, 2.24) is 4.90 Å². The Kier molecular flexibility index (Phi) is 2.34. The highest BCUT2D eigenvalue weighted by atomic mass is 15.1. The van der Waals surface area contributed by atoms with Gasteiger partial charge in [-0.05, 0) is 38.9 Å². The van der Waals surface area contributed by atoms with Crippen molar-refractivity contribution in [2.75, 3.05) is 19.6 Å². The molecule has 0 radical (unpaired) electrons. The molecule has 0 spiro atoms. The fourth-order valence-electron chi connectivity index (χ4n) is 1.32. The van der Waals surface area contributed by atoms with Gasteiger partial charge in [-0.1, -0.05) is 6.92 Å². The Hall–Kier alpha value is -0.0400. The van der Waals surface area contributed by atoms with E-state index in [-0.39, 0.29) is 0 Å². The molecule has 1 aliphatic heterocycles. The van der Waals surface area contributed by atoms with Gasteiger partial charge in [0.05, 0.1) is 0 Å². The van der Waals surface area contributed by atoms with Gasteiger partial charge < -0.3 is 4.90 Å². The zero-order valence-corrected chi connectivity index (χ0v) is 5.69. The number of rotatable bonds is 2. The molecule has 8 heavy (non-hydrogen) atoms. The highest BCUT2D eigenvalue weighted by Crippen LogP contribution is 2.06. The molecule has 0 saturated carbocycles. The summed E-state index contributed by atoms with van der Waals surface area (Å²) >= 11 is 0. The second kappa shape index (κ2) is 3.08. The molecule has 0 bridgehead atoms. The molecule has 1 heterocycles. The lowest BCUT2D eigenvalue weighted by atomic mass is 10.4. The molecule has 0 atom stereocenters. The molecular weight excluding hydrogens is 98.1 g/mol. The third-order valence-corrected chi connectivity index (χ3v) is 1.74. The summed E-state index contributed by atoms with van der Waals surface area (Å²) in [6, 6.07) is 0. The first-order valence-electron chi connectivity index (χ1n) is 3.66. The molecule has 0 aromatic heterocycles. The molecule has 0 unspecified atom stereocenters. The molecule has 1 rings (SSSR count). The van der Waals surface area contributed by atoms with E-state index in [4.69, 9.17) is 0 Å². The van der Waals surface area contributed by atoms with Gasteiger partial charge in [-0.15, -0.1) is 0 Å². The van der Waals surface area contributed by atoms with Crippen LogP contribution in [0.2, 0.25) is 0 Å². The number of nitrogens with zero attached hydrogens (tertiary/aromatic N) is 1. The van der Waals surface area contributed by atoms with Crippen LogP contribution in [0, 0.1) is 0 Å². The lowest BCUT2D eigenvalue weighted by Crippen LogP contribution is -2.19. The monoisotopic (exact) mass is 113 g/mol. The molecular formula is C7H15N. The van der Waals surface area contributed by atoms with Crippen molar-refractivity contribution in [3.05, 3.63) is 0 Å². The van der Waals surface area contributed by atoms with E-state index >= 15 is 0 Å². The Bertz CT molecular complexity index is 55.4. The van der Waals surface area contributed by atoms with Crippen LogP contribution in [0.25, 0.3) is 0 Å². The lowest BCUT2D eigenvalue weighted by molar-refractivity contribution is 0.339. The predicted molar refractivity (Wildman–Crippen MR) is 36.0 cm³/mol. The summed E-state index contributed by atoms with van der Waals surface area (Å²) in [7, 11) is 0. The van der Waals surface area contributed by atoms with E-state index in [0.717, 1.165) is 0 Å². The number of hydrogen-bond donors (Lipinski definition) is 0. The normalized spacial score (nSPS) is 22.1. The third kappa shape index (κ3) is 1.48. The van der Waals surface area contributed by atoms with E-state index in [1.807, 2.05) is 0 Å². The van der Waals surface area contributed by atoms with Crippen molar-refractivity contribution in [1.29, 1.82) is 0 Å². The standard InChI is InChI=1S/C7H15N/c1-2-5-8-6-3-4-7-8/h2-7H2,1H3. The average molecular weight is 113 g/mol. The predicted octanol–water partition coefficient (Wildman–Crippen LogP) is 1.49. The van der Waals surface area contributed by atoms with Gasteiger partial charge in [0, 0.05) is 0 Å². The summed E-state index contributed by atoms with van der Waals surface area (Å²) < 4.78 is 0. The average Bonchev–Trinajstić information content (AvgIpc) is 2.19. The van der Waals surface area contributed by atoms with Crippen molar-refractivity contribution < 1.29 is 0 Å². The van der Waals surface area contributed by atoms with Crippen LogP contribution in [0.5, 0.6) is 0 Å². The minimum atomic E-state index is 1.32. The Balaban J connectivity index is 2.06. The molecule has 1 aliphatic rings. The van der Waals surface area contributed by atoms with Gasteiger partial charge in [0.2, 0.25) is 0 Å². The smallest absolute Gasteiger partial charge is 0.00183 e. The van der Waals surface area contributed by atoms with E-state index in [9.17, 15) is 0 Å². The van der Waals surface area contributed by atoms with Crippen LogP contribution in [-0.4, -0.2) is 24.5 Å². The summed E-state index contributed by atoms with van der Waals surface area (Å²) in [5, 5.41) is 0. The van der Waals surface area contributed by atoms with Gasteiger partial charge in [-0.2, -0.15) is 0 Å². The van der Waals surface area contributed by atoms with Crippen LogP contribution in [0.1, 0.15) is 26.2 Å². The van der Waals surface area contributed by atoms with Crippen molar-refractivity contribution >= 4 is 0 Å². The topological polar surface area (TPSA) is 3.24 Å². The zero-order valence-electron chi connectivity index (χ0n) is 5.69. The van der Waals surface area contributed by atoms with Gasteiger partial charge in [-0.25, -0.2) is 0 Å². The van der Waals surface area contributed by atoms with Crippen LogP contribution in [0.15, 0.2) is 0 Å². The summed E-state index contributed by atoms with van der Waals surface area (Å²) in [4.78, 5) is 2.54. The molecule has 1 heteroatoms. The molecule has 1 nitrogen and oxygen atoms in total. The van der Waals surface area contributed by atoms with Crippen LogP contribution in [0.4, 0.5) is 0 Å². The summed E-state index contributed by atoms with van der Waals surface area (Å²) in [6.45, 7) is 6.28. The molecule has 0 aliphatic carbocycles. The Morgan fingerprint density at radius 3 is 2.38 bits per heavy atom. The maximum absolute atomic E-state index is 2.54. The molecule has 0 aromatic rings. The molecule has 1 fully saturated rings. The van der Waals surface area contributed by atoms with E-state index in [0.29, 0.717) is 0 Å². The van der Waals surface area contributed by atoms with Gasteiger partial charge in [0.25, 0.3) is 0 Å². The first-order valence-corrected chi connectivity index (χ1v) is 3.66. The Morgan fingerprint density at radius 2 is 1.88 bits per heavy atom. The lowest BCUT2D eigenvalue weighted by Gasteiger charge is -2.11. The molecule has 0 amide bonds. The molecule has 48 valence electrons. The quantitative estimate of drug-likeness (QED) is 0.524. The van der Waals surface area contributed by atoms with Crippen LogP contribution >= 0.6 is 0 Å². The summed E-state index contributed by atoms with van der Waals surface area (Å²) in [5.74, 6) is 0. The highest BCUT2D eigenvalue weighted by Gasteiger charge is 2.08. The van der Waals surface area contributed by atoms with E-state index in [2.05, 4.69) is 11.8 Å². The largest absolute Gasteiger partial charge is 0.303 e. The van der Waals surface area contributed by atoms with E-state index < -0.39 is 0 Å². The van der Waals surface area contributed by atoms with Crippen LogP contribution in [0.3, 0.4) is 0 Å². The van der Waals surface area contributed by atoms with Crippen molar-refractivity contribution in [2.24, 2.45) is 0 Å². The fourth-order valence-corrected chi connectivity index (χ4v) is 1.32. The third-order valence-electron chi connectivity index (χ3n) is 1.74. The number of hydrogen-bond acceptors (Lipinski definition) is 1. The first kappa shape index (κ1) is 6.09. The van der Waals surface area contributed by atoms with Crippen molar-refractivity contribution in [2.45, 2.75) is 26.2 Å². The van der Waals surface area contributed by atoms with Gasteiger partial charge in [-0.3, -0.25) is 0 Å². The summed E-state index contributed by atoms with van der Waals surface area (Å²) in [6.07, 6.45) is 4.18. The van der Waals surface area contributed by atoms with Crippen molar-refractivity contribution in [3.8, 4) is 0 Å². The van der Waals surface area contributed by atoms with E-state index in [1.165, 1.54) is 38.9 Å². The Morgan fingerprint density at radius 1 is 1.25 bits per heavy atom. The SMILES string of the molecule is CCCN1CCCC1.